The molecule has 0 aliphatic carbocycles. The molecule has 0 radical (unpaired) electrons. The number of hydrogen-bond acceptors (Lipinski definition) is 2. The Morgan fingerprint density at radius 1 is 1.20 bits per heavy atom. The molecule has 0 saturated carbocycles. The summed E-state index contributed by atoms with van der Waals surface area (Å²) in [5, 5.41) is 11.1. The summed E-state index contributed by atoms with van der Waals surface area (Å²) >= 11 is 9.24. The number of nitrogens with two attached hydrogens (primary N) is 1. The lowest BCUT2D eigenvalue weighted by Gasteiger charge is -2.23. The largest absolute Gasteiger partial charge is 0.388 e. The Balaban J connectivity index is 2.39. The van der Waals surface area contributed by atoms with Crippen LogP contribution in [0.5, 0.6) is 0 Å². The molecule has 0 amide bonds. The van der Waals surface area contributed by atoms with E-state index >= 15 is 0 Å². The van der Waals surface area contributed by atoms with Gasteiger partial charge < -0.3 is 10.8 Å². The van der Waals surface area contributed by atoms with Crippen molar-refractivity contribution in [3.8, 4) is 0 Å². The van der Waals surface area contributed by atoms with E-state index in [-0.39, 0.29) is 12.4 Å². The van der Waals surface area contributed by atoms with Crippen molar-refractivity contribution < 1.29 is 9.50 Å². The Labute approximate surface area is 130 Å². The van der Waals surface area contributed by atoms with Gasteiger partial charge in [0.1, 0.15) is 5.82 Å². The lowest BCUT2D eigenvalue weighted by atomic mass is 9.89. The zero-order chi connectivity index (χ0) is 14.7. The van der Waals surface area contributed by atoms with Crippen LogP contribution in [0.25, 0.3) is 0 Å². The van der Waals surface area contributed by atoms with E-state index in [0.717, 1.165) is 0 Å². The smallest absolute Gasteiger partial charge is 0.126 e. The first kappa shape index (κ1) is 15.4. The van der Waals surface area contributed by atoms with Gasteiger partial charge in [-0.3, -0.25) is 0 Å². The van der Waals surface area contributed by atoms with E-state index in [9.17, 15) is 9.50 Å². The maximum atomic E-state index is 13.9. The van der Waals surface area contributed by atoms with Crippen LogP contribution in [0, 0.1) is 5.82 Å². The topological polar surface area (TPSA) is 46.2 Å². The van der Waals surface area contributed by atoms with Gasteiger partial charge in [0.25, 0.3) is 0 Å². The highest BCUT2D eigenvalue weighted by Crippen LogP contribution is 2.36. The van der Waals surface area contributed by atoms with Crippen LogP contribution in [0.1, 0.15) is 23.1 Å². The van der Waals surface area contributed by atoms with Crippen molar-refractivity contribution in [2.75, 3.05) is 6.54 Å². The average molecular weight is 359 g/mol. The molecule has 3 N–H and O–H groups in total. The average Bonchev–Trinajstić information content (AvgIpc) is 2.41. The number of aliphatic hydroxyl groups excluding tert-OH is 1. The first-order chi connectivity index (χ1) is 9.54. The zero-order valence-corrected chi connectivity index (χ0v) is 12.9. The van der Waals surface area contributed by atoms with Crippen molar-refractivity contribution >= 4 is 27.5 Å². The second-order valence-corrected chi connectivity index (χ2v) is 5.77. The SMILES string of the molecule is NCC(c1ccccc1F)C(O)c1ccc(Cl)cc1Br. The van der Waals surface area contributed by atoms with Gasteiger partial charge >= 0.3 is 0 Å². The van der Waals surface area contributed by atoms with Crippen molar-refractivity contribution in [1.82, 2.24) is 0 Å². The third-order valence-corrected chi connectivity index (χ3v) is 4.14. The Hall–Kier alpha value is -0.940. The summed E-state index contributed by atoms with van der Waals surface area (Å²) in [5.74, 6) is -0.888. The summed E-state index contributed by atoms with van der Waals surface area (Å²) in [7, 11) is 0. The van der Waals surface area contributed by atoms with Crippen LogP contribution in [0.4, 0.5) is 4.39 Å². The highest BCUT2D eigenvalue weighted by molar-refractivity contribution is 9.10. The summed E-state index contributed by atoms with van der Waals surface area (Å²) in [6.45, 7) is 0.136. The molecular weight excluding hydrogens is 345 g/mol. The highest BCUT2D eigenvalue weighted by atomic mass is 79.9. The first-order valence-corrected chi connectivity index (χ1v) is 7.29. The van der Waals surface area contributed by atoms with Crippen LogP contribution >= 0.6 is 27.5 Å². The molecule has 5 heteroatoms. The van der Waals surface area contributed by atoms with Gasteiger partial charge in [0.05, 0.1) is 6.10 Å². The Kier molecular flexibility index (Phi) is 5.16. The normalized spacial score (nSPS) is 14.1. The molecule has 0 aromatic heterocycles. The molecule has 2 rings (SSSR count). The van der Waals surface area contributed by atoms with E-state index in [2.05, 4.69) is 15.9 Å². The molecular formula is C15H14BrClFNO. The molecule has 0 bridgehead atoms. The van der Waals surface area contributed by atoms with Crippen LogP contribution in [0.3, 0.4) is 0 Å². The summed E-state index contributed by atoms with van der Waals surface area (Å²) in [5.41, 5.74) is 6.76. The molecule has 2 unspecified atom stereocenters. The molecule has 2 nitrogen and oxygen atoms in total. The standard InChI is InChI=1S/C15H14BrClFNO/c16-13-7-9(17)5-6-11(13)15(20)12(8-19)10-3-1-2-4-14(10)18/h1-7,12,15,20H,8,19H2. The van der Waals surface area contributed by atoms with Gasteiger partial charge in [-0.25, -0.2) is 4.39 Å². The van der Waals surface area contributed by atoms with Gasteiger partial charge in [0.2, 0.25) is 0 Å². The predicted molar refractivity (Wildman–Crippen MR) is 82.3 cm³/mol. The fourth-order valence-corrected chi connectivity index (χ4v) is 3.08. The Morgan fingerprint density at radius 2 is 1.90 bits per heavy atom. The number of halogens is 3. The summed E-state index contributed by atoms with van der Waals surface area (Å²) in [6, 6.07) is 11.4. The Bertz CT molecular complexity index is 608. The molecule has 0 aliphatic heterocycles. The van der Waals surface area contributed by atoms with E-state index in [0.29, 0.717) is 20.6 Å². The molecule has 2 aromatic rings. The summed E-state index contributed by atoms with van der Waals surface area (Å²) in [6.07, 6.45) is -0.913. The first-order valence-electron chi connectivity index (χ1n) is 6.12. The Morgan fingerprint density at radius 3 is 2.50 bits per heavy atom. The quantitative estimate of drug-likeness (QED) is 0.867. The molecule has 0 saturated heterocycles. The van der Waals surface area contributed by atoms with Crippen LogP contribution in [-0.2, 0) is 0 Å². The molecule has 2 aromatic carbocycles. The number of benzene rings is 2. The third kappa shape index (κ3) is 3.20. The number of aliphatic hydroxyl groups is 1. The maximum absolute atomic E-state index is 13.9. The minimum atomic E-state index is -0.913. The van der Waals surface area contributed by atoms with Crippen molar-refractivity contribution in [3.05, 3.63) is 68.9 Å². The van der Waals surface area contributed by atoms with Crippen molar-refractivity contribution in [2.24, 2.45) is 5.73 Å². The van der Waals surface area contributed by atoms with Gasteiger partial charge in [0, 0.05) is 22.0 Å². The lowest BCUT2D eigenvalue weighted by Crippen LogP contribution is -2.21. The molecule has 0 spiro atoms. The number of rotatable bonds is 4. The fraction of sp³-hybridized carbons (Fsp3) is 0.200. The summed E-state index contributed by atoms with van der Waals surface area (Å²) in [4.78, 5) is 0. The second-order valence-electron chi connectivity index (χ2n) is 4.47. The monoisotopic (exact) mass is 357 g/mol. The van der Waals surface area contributed by atoms with Gasteiger partial charge in [-0.15, -0.1) is 0 Å². The second kappa shape index (κ2) is 6.68. The maximum Gasteiger partial charge on any atom is 0.126 e. The lowest BCUT2D eigenvalue weighted by molar-refractivity contribution is 0.145. The fourth-order valence-electron chi connectivity index (χ4n) is 2.16. The van der Waals surface area contributed by atoms with Crippen LogP contribution in [-0.4, -0.2) is 11.7 Å². The summed E-state index contributed by atoms with van der Waals surface area (Å²) < 4.78 is 14.5. The van der Waals surface area contributed by atoms with Crippen molar-refractivity contribution in [1.29, 1.82) is 0 Å². The van der Waals surface area contributed by atoms with E-state index in [1.54, 1.807) is 36.4 Å². The van der Waals surface area contributed by atoms with Crippen LogP contribution < -0.4 is 5.73 Å². The molecule has 0 heterocycles. The predicted octanol–water partition coefficient (Wildman–Crippen LogP) is 4.02. The molecule has 20 heavy (non-hydrogen) atoms. The minimum Gasteiger partial charge on any atom is -0.388 e. The van der Waals surface area contributed by atoms with Crippen LogP contribution in [0.2, 0.25) is 5.02 Å². The molecule has 2 atom stereocenters. The minimum absolute atomic E-state index is 0.136. The van der Waals surface area contributed by atoms with Gasteiger partial charge in [0.15, 0.2) is 0 Å². The molecule has 106 valence electrons. The van der Waals surface area contributed by atoms with E-state index < -0.39 is 12.0 Å². The van der Waals surface area contributed by atoms with Crippen LogP contribution in [0.15, 0.2) is 46.9 Å². The highest BCUT2D eigenvalue weighted by Gasteiger charge is 2.25. The molecule has 0 aliphatic rings. The molecule has 0 fully saturated rings. The van der Waals surface area contributed by atoms with E-state index in [4.69, 9.17) is 17.3 Å². The van der Waals surface area contributed by atoms with Crippen molar-refractivity contribution in [3.63, 3.8) is 0 Å². The van der Waals surface area contributed by atoms with Crippen molar-refractivity contribution in [2.45, 2.75) is 12.0 Å². The van der Waals surface area contributed by atoms with Gasteiger partial charge in [-0.05, 0) is 29.3 Å². The zero-order valence-electron chi connectivity index (χ0n) is 10.6. The van der Waals surface area contributed by atoms with E-state index in [1.165, 1.54) is 6.07 Å². The third-order valence-electron chi connectivity index (χ3n) is 3.22. The van der Waals surface area contributed by atoms with Gasteiger partial charge in [-0.1, -0.05) is 51.8 Å². The number of hydrogen-bond donors (Lipinski definition) is 2. The van der Waals surface area contributed by atoms with Gasteiger partial charge in [-0.2, -0.15) is 0 Å². The van der Waals surface area contributed by atoms with E-state index in [1.807, 2.05) is 0 Å².